The van der Waals surface area contributed by atoms with Crippen LogP contribution in [0.4, 0.5) is 5.69 Å². The Hall–Kier alpha value is -1.42. The highest BCUT2D eigenvalue weighted by molar-refractivity contribution is 6.32. The van der Waals surface area contributed by atoms with Gasteiger partial charge in [-0.05, 0) is 12.1 Å². The van der Waals surface area contributed by atoms with E-state index < -0.39 is 0 Å². The number of benzene rings is 1. The first-order chi connectivity index (χ1) is 7.18. The summed E-state index contributed by atoms with van der Waals surface area (Å²) in [4.78, 5) is 12.7. The van der Waals surface area contributed by atoms with Crippen LogP contribution in [0, 0.1) is 0 Å². The molecule has 0 radical (unpaired) electrons. The predicted octanol–water partition coefficient (Wildman–Crippen LogP) is 1.02. The number of primary amides is 1. The Morgan fingerprint density at radius 2 is 2.40 bits per heavy atom. The summed E-state index contributed by atoms with van der Waals surface area (Å²) >= 11 is 5.98. The molecular formula is C10H11ClN2O2. The van der Waals surface area contributed by atoms with Crippen LogP contribution < -0.4 is 15.4 Å². The number of nitrogens with zero attached hydrogens (tertiary/aromatic N) is 1. The van der Waals surface area contributed by atoms with E-state index in [4.69, 9.17) is 22.1 Å². The van der Waals surface area contributed by atoms with Crippen molar-refractivity contribution in [3.05, 3.63) is 23.2 Å². The Labute approximate surface area is 92.6 Å². The highest BCUT2D eigenvalue weighted by Gasteiger charge is 2.20. The third-order valence-corrected chi connectivity index (χ3v) is 2.54. The second kappa shape index (κ2) is 3.98. The Morgan fingerprint density at radius 3 is 3.13 bits per heavy atom. The van der Waals surface area contributed by atoms with Crippen LogP contribution in [0.2, 0.25) is 5.02 Å². The summed E-state index contributed by atoms with van der Waals surface area (Å²) < 4.78 is 5.44. The first kappa shape index (κ1) is 10.1. The van der Waals surface area contributed by atoms with Crippen LogP contribution in [0.25, 0.3) is 0 Å². The number of hydrogen-bond donors (Lipinski definition) is 1. The Bertz CT molecular complexity index is 395. The monoisotopic (exact) mass is 226 g/mol. The van der Waals surface area contributed by atoms with Crippen LogP contribution in [-0.4, -0.2) is 25.6 Å². The molecule has 0 atom stereocenters. The number of para-hydroxylation sites is 1. The number of anilines is 1. The fourth-order valence-electron chi connectivity index (χ4n) is 1.62. The lowest BCUT2D eigenvalue weighted by molar-refractivity contribution is -0.116. The zero-order valence-electron chi connectivity index (χ0n) is 8.07. The number of carbonyl (C=O) groups is 1. The zero-order chi connectivity index (χ0) is 10.8. The van der Waals surface area contributed by atoms with Crippen molar-refractivity contribution >= 4 is 23.2 Å². The molecule has 1 aliphatic heterocycles. The maximum atomic E-state index is 10.9. The van der Waals surface area contributed by atoms with Crippen molar-refractivity contribution in [2.24, 2.45) is 5.73 Å². The van der Waals surface area contributed by atoms with Crippen LogP contribution in [-0.2, 0) is 4.79 Å². The molecule has 1 aliphatic rings. The molecule has 5 heteroatoms. The minimum Gasteiger partial charge on any atom is -0.488 e. The molecule has 15 heavy (non-hydrogen) atoms. The molecule has 0 saturated heterocycles. The summed E-state index contributed by atoms with van der Waals surface area (Å²) in [5, 5.41) is 0.557. The molecule has 0 aromatic heterocycles. The molecule has 0 fully saturated rings. The fraction of sp³-hybridized carbons (Fsp3) is 0.300. The maximum Gasteiger partial charge on any atom is 0.236 e. The number of nitrogens with two attached hydrogens (primary N) is 1. The normalized spacial score (nSPS) is 14.3. The van der Waals surface area contributed by atoms with Crippen LogP contribution in [0.15, 0.2) is 18.2 Å². The van der Waals surface area contributed by atoms with E-state index in [0.29, 0.717) is 23.9 Å². The van der Waals surface area contributed by atoms with Crippen molar-refractivity contribution in [1.82, 2.24) is 0 Å². The quantitative estimate of drug-likeness (QED) is 0.820. The molecule has 1 heterocycles. The van der Waals surface area contributed by atoms with Crippen LogP contribution >= 0.6 is 11.6 Å². The van der Waals surface area contributed by atoms with Gasteiger partial charge in [-0.25, -0.2) is 0 Å². The topological polar surface area (TPSA) is 55.6 Å². The fourth-order valence-corrected chi connectivity index (χ4v) is 1.84. The van der Waals surface area contributed by atoms with Gasteiger partial charge in [-0.3, -0.25) is 4.79 Å². The summed E-state index contributed by atoms with van der Waals surface area (Å²) in [6.45, 7) is 1.36. The smallest absolute Gasteiger partial charge is 0.236 e. The number of hydrogen-bond acceptors (Lipinski definition) is 3. The van der Waals surface area contributed by atoms with Gasteiger partial charge < -0.3 is 15.4 Å². The first-order valence-electron chi connectivity index (χ1n) is 4.63. The van der Waals surface area contributed by atoms with Gasteiger partial charge in [0, 0.05) is 0 Å². The molecule has 0 spiro atoms. The van der Waals surface area contributed by atoms with E-state index in [1.54, 1.807) is 6.07 Å². The van der Waals surface area contributed by atoms with Crippen molar-refractivity contribution in [3.63, 3.8) is 0 Å². The minimum absolute atomic E-state index is 0.191. The molecule has 2 rings (SSSR count). The number of ether oxygens (including phenoxy) is 1. The third kappa shape index (κ3) is 1.99. The number of fused-ring (bicyclic) bond motifs is 1. The SMILES string of the molecule is NC(=O)CN1CCOc2c(Cl)cccc21. The van der Waals surface area contributed by atoms with E-state index in [-0.39, 0.29) is 12.5 Å². The molecule has 0 unspecified atom stereocenters. The van der Waals surface area contributed by atoms with Gasteiger partial charge in [0.25, 0.3) is 0 Å². The average Bonchev–Trinajstić information content (AvgIpc) is 2.19. The molecular weight excluding hydrogens is 216 g/mol. The number of amides is 1. The van der Waals surface area contributed by atoms with Crippen molar-refractivity contribution in [3.8, 4) is 5.75 Å². The lowest BCUT2D eigenvalue weighted by atomic mass is 10.2. The van der Waals surface area contributed by atoms with Crippen LogP contribution in [0.3, 0.4) is 0 Å². The molecule has 0 aliphatic carbocycles. The predicted molar refractivity (Wildman–Crippen MR) is 58.4 cm³/mol. The zero-order valence-corrected chi connectivity index (χ0v) is 8.83. The van der Waals surface area contributed by atoms with Gasteiger partial charge in [-0.15, -0.1) is 0 Å². The van der Waals surface area contributed by atoms with E-state index in [1.807, 2.05) is 17.0 Å². The largest absolute Gasteiger partial charge is 0.488 e. The summed E-state index contributed by atoms with van der Waals surface area (Å²) in [5.74, 6) is 0.273. The molecule has 1 aromatic carbocycles. The van der Waals surface area contributed by atoms with E-state index in [0.717, 1.165) is 5.69 Å². The number of rotatable bonds is 2. The number of carbonyl (C=O) groups excluding carboxylic acids is 1. The second-order valence-electron chi connectivity index (χ2n) is 3.32. The third-order valence-electron chi connectivity index (χ3n) is 2.24. The maximum absolute atomic E-state index is 10.9. The first-order valence-corrected chi connectivity index (χ1v) is 5.01. The van der Waals surface area contributed by atoms with Gasteiger partial charge in [0.05, 0.1) is 23.8 Å². The van der Waals surface area contributed by atoms with Gasteiger partial charge in [-0.2, -0.15) is 0 Å². The average molecular weight is 227 g/mol. The Morgan fingerprint density at radius 1 is 1.60 bits per heavy atom. The Kier molecular flexibility index (Phi) is 2.68. The van der Waals surface area contributed by atoms with Gasteiger partial charge in [0.1, 0.15) is 6.61 Å². The summed E-state index contributed by atoms with van der Waals surface area (Å²) in [6.07, 6.45) is 0. The van der Waals surface area contributed by atoms with Crippen molar-refractivity contribution in [2.45, 2.75) is 0 Å². The van der Waals surface area contributed by atoms with Gasteiger partial charge in [0.15, 0.2) is 5.75 Å². The van der Waals surface area contributed by atoms with Crippen LogP contribution in [0.5, 0.6) is 5.75 Å². The molecule has 80 valence electrons. The van der Waals surface area contributed by atoms with E-state index in [1.165, 1.54) is 0 Å². The molecule has 2 N–H and O–H groups in total. The molecule has 0 bridgehead atoms. The van der Waals surface area contributed by atoms with Crippen molar-refractivity contribution in [1.29, 1.82) is 0 Å². The lowest BCUT2D eigenvalue weighted by Gasteiger charge is -2.30. The van der Waals surface area contributed by atoms with E-state index in [2.05, 4.69) is 0 Å². The molecule has 1 aromatic rings. The summed E-state index contributed by atoms with van der Waals surface area (Å²) in [5.41, 5.74) is 5.99. The minimum atomic E-state index is -0.358. The van der Waals surface area contributed by atoms with Crippen molar-refractivity contribution < 1.29 is 9.53 Å². The van der Waals surface area contributed by atoms with Gasteiger partial charge >= 0.3 is 0 Å². The van der Waals surface area contributed by atoms with Crippen molar-refractivity contribution in [2.75, 3.05) is 24.6 Å². The van der Waals surface area contributed by atoms with Crippen LogP contribution in [0.1, 0.15) is 0 Å². The Balaban J connectivity index is 2.34. The summed E-state index contributed by atoms with van der Waals surface area (Å²) in [6, 6.07) is 5.45. The standard InChI is InChI=1S/C10H11ClN2O2/c11-7-2-1-3-8-10(7)15-5-4-13(8)6-9(12)14/h1-3H,4-6H2,(H2,12,14). The highest BCUT2D eigenvalue weighted by atomic mass is 35.5. The molecule has 1 amide bonds. The van der Waals surface area contributed by atoms with E-state index >= 15 is 0 Å². The number of halogens is 1. The molecule has 4 nitrogen and oxygen atoms in total. The highest BCUT2D eigenvalue weighted by Crippen LogP contribution is 2.37. The van der Waals surface area contributed by atoms with E-state index in [9.17, 15) is 4.79 Å². The van der Waals surface area contributed by atoms with Gasteiger partial charge in [-0.1, -0.05) is 17.7 Å². The second-order valence-corrected chi connectivity index (χ2v) is 3.73. The van der Waals surface area contributed by atoms with Gasteiger partial charge in [0.2, 0.25) is 5.91 Å². The summed E-state index contributed by atoms with van der Waals surface area (Å²) in [7, 11) is 0. The lowest BCUT2D eigenvalue weighted by Crippen LogP contribution is -2.39. The molecule has 0 saturated carbocycles.